The number of aromatic hydroxyl groups is 1. The average Bonchev–Trinajstić information content (AvgIpc) is 2.20. The van der Waals surface area contributed by atoms with Crippen LogP contribution in [0.25, 0.3) is 0 Å². The van der Waals surface area contributed by atoms with Crippen molar-refractivity contribution < 1.29 is 15.3 Å². The highest BCUT2D eigenvalue weighted by molar-refractivity contribution is 5.60. The van der Waals surface area contributed by atoms with Crippen molar-refractivity contribution in [2.45, 2.75) is 20.0 Å². The molecule has 1 aromatic rings. The number of aliphatic hydroxyl groups excluding tert-OH is 2. The number of anilines is 1. The number of aliphatic hydroxyl groups is 2. The molecule has 0 aliphatic rings. The fraction of sp³-hybridized carbons (Fsp3) is 0.455. The van der Waals surface area contributed by atoms with Crippen molar-refractivity contribution in [2.24, 2.45) is 0 Å². The van der Waals surface area contributed by atoms with Crippen molar-refractivity contribution in [1.82, 2.24) is 0 Å². The SMILES string of the molecule is Cc1cc(C)c(O)c(NCC(O)CO)c1. The Labute approximate surface area is 89.2 Å². The van der Waals surface area contributed by atoms with Gasteiger partial charge in [-0.25, -0.2) is 0 Å². The zero-order valence-electron chi connectivity index (χ0n) is 8.99. The van der Waals surface area contributed by atoms with Gasteiger partial charge in [0.1, 0.15) is 5.75 Å². The average molecular weight is 211 g/mol. The Balaban J connectivity index is 2.76. The minimum absolute atomic E-state index is 0.186. The van der Waals surface area contributed by atoms with E-state index in [1.54, 1.807) is 6.07 Å². The summed E-state index contributed by atoms with van der Waals surface area (Å²) in [5.41, 5.74) is 2.40. The van der Waals surface area contributed by atoms with Gasteiger partial charge in [0.25, 0.3) is 0 Å². The predicted molar refractivity (Wildman–Crippen MR) is 59.2 cm³/mol. The van der Waals surface area contributed by atoms with Gasteiger partial charge in [-0.3, -0.25) is 0 Å². The predicted octanol–water partition coefficient (Wildman–Crippen LogP) is 0.774. The zero-order chi connectivity index (χ0) is 11.4. The molecule has 0 radical (unpaired) electrons. The molecule has 1 rings (SSSR count). The topological polar surface area (TPSA) is 72.7 Å². The molecule has 0 amide bonds. The van der Waals surface area contributed by atoms with Gasteiger partial charge in [-0.1, -0.05) is 6.07 Å². The van der Waals surface area contributed by atoms with Crippen molar-refractivity contribution >= 4 is 5.69 Å². The third-order valence-corrected chi connectivity index (χ3v) is 2.18. The Morgan fingerprint density at radius 3 is 2.60 bits per heavy atom. The molecule has 4 nitrogen and oxygen atoms in total. The smallest absolute Gasteiger partial charge is 0.141 e. The van der Waals surface area contributed by atoms with Gasteiger partial charge in [0.05, 0.1) is 18.4 Å². The van der Waals surface area contributed by atoms with E-state index in [0.717, 1.165) is 11.1 Å². The first-order valence-corrected chi connectivity index (χ1v) is 4.87. The van der Waals surface area contributed by atoms with Crippen LogP contribution in [0.3, 0.4) is 0 Å². The van der Waals surface area contributed by atoms with E-state index in [-0.39, 0.29) is 18.9 Å². The Kier molecular flexibility index (Phi) is 3.94. The Hall–Kier alpha value is -1.26. The van der Waals surface area contributed by atoms with E-state index in [1.807, 2.05) is 19.9 Å². The second-order valence-corrected chi connectivity index (χ2v) is 3.70. The van der Waals surface area contributed by atoms with E-state index < -0.39 is 6.10 Å². The third-order valence-electron chi connectivity index (χ3n) is 2.18. The molecule has 1 atom stereocenters. The molecule has 4 heteroatoms. The highest BCUT2D eigenvalue weighted by Crippen LogP contribution is 2.28. The van der Waals surface area contributed by atoms with Crippen molar-refractivity contribution in [1.29, 1.82) is 0 Å². The summed E-state index contributed by atoms with van der Waals surface area (Å²) in [6, 6.07) is 3.68. The van der Waals surface area contributed by atoms with Gasteiger partial charge in [-0.05, 0) is 31.0 Å². The summed E-state index contributed by atoms with van der Waals surface area (Å²) in [6.07, 6.45) is -0.815. The number of hydrogen-bond donors (Lipinski definition) is 4. The highest BCUT2D eigenvalue weighted by Gasteiger charge is 2.07. The number of benzene rings is 1. The monoisotopic (exact) mass is 211 g/mol. The molecule has 0 spiro atoms. The van der Waals surface area contributed by atoms with Crippen molar-refractivity contribution in [2.75, 3.05) is 18.5 Å². The second-order valence-electron chi connectivity index (χ2n) is 3.70. The van der Waals surface area contributed by atoms with Crippen molar-refractivity contribution in [3.05, 3.63) is 23.3 Å². The molecule has 0 aliphatic heterocycles. The van der Waals surface area contributed by atoms with Crippen LogP contribution in [0.2, 0.25) is 0 Å². The zero-order valence-corrected chi connectivity index (χ0v) is 8.99. The summed E-state index contributed by atoms with van der Waals surface area (Å²) >= 11 is 0. The van der Waals surface area contributed by atoms with Gasteiger partial charge in [-0.2, -0.15) is 0 Å². The van der Waals surface area contributed by atoms with E-state index in [9.17, 15) is 5.11 Å². The van der Waals surface area contributed by atoms with Crippen LogP contribution in [0.1, 0.15) is 11.1 Å². The standard InChI is InChI=1S/C11H17NO3/c1-7-3-8(2)11(15)10(4-7)12-5-9(14)6-13/h3-4,9,12-15H,5-6H2,1-2H3. The van der Waals surface area contributed by atoms with Crippen molar-refractivity contribution in [3.63, 3.8) is 0 Å². The molecular formula is C11H17NO3. The lowest BCUT2D eigenvalue weighted by atomic mass is 10.1. The summed E-state index contributed by atoms with van der Waals surface area (Å²) < 4.78 is 0. The molecule has 1 unspecified atom stereocenters. The lowest BCUT2D eigenvalue weighted by Gasteiger charge is -2.13. The van der Waals surface area contributed by atoms with Crippen molar-refractivity contribution in [3.8, 4) is 5.75 Å². The molecule has 0 bridgehead atoms. The van der Waals surface area contributed by atoms with E-state index in [2.05, 4.69) is 5.32 Å². The summed E-state index contributed by atoms with van der Waals surface area (Å²) in [5, 5.41) is 30.4. The lowest BCUT2D eigenvalue weighted by Crippen LogP contribution is -2.23. The maximum Gasteiger partial charge on any atom is 0.141 e. The lowest BCUT2D eigenvalue weighted by molar-refractivity contribution is 0.105. The molecule has 15 heavy (non-hydrogen) atoms. The van der Waals surface area contributed by atoms with Crippen LogP contribution < -0.4 is 5.32 Å². The Bertz CT molecular complexity index is 339. The third kappa shape index (κ3) is 3.11. The summed E-state index contributed by atoms with van der Waals surface area (Å²) in [7, 11) is 0. The molecular weight excluding hydrogens is 194 g/mol. The fourth-order valence-electron chi connectivity index (χ4n) is 1.39. The Morgan fingerprint density at radius 1 is 1.33 bits per heavy atom. The molecule has 4 N–H and O–H groups in total. The van der Waals surface area contributed by atoms with Crippen LogP contribution in [0, 0.1) is 13.8 Å². The van der Waals surface area contributed by atoms with Gasteiger partial charge in [0.15, 0.2) is 0 Å². The molecule has 0 saturated carbocycles. The van der Waals surface area contributed by atoms with Crippen LogP contribution in [-0.4, -0.2) is 34.6 Å². The van der Waals surface area contributed by atoms with E-state index in [0.29, 0.717) is 5.69 Å². The molecule has 0 aliphatic carbocycles. The van der Waals surface area contributed by atoms with E-state index >= 15 is 0 Å². The molecule has 0 fully saturated rings. The van der Waals surface area contributed by atoms with Gasteiger partial charge in [-0.15, -0.1) is 0 Å². The number of hydrogen-bond acceptors (Lipinski definition) is 4. The number of phenols is 1. The first-order valence-electron chi connectivity index (χ1n) is 4.87. The summed E-state index contributed by atoms with van der Waals surface area (Å²) in [5.74, 6) is 0.186. The first kappa shape index (κ1) is 11.8. The minimum atomic E-state index is -0.815. The van der Waals surface area contributed by atoms with Crippen LogP contribution in [0.15, 0.2) is 12.1 Å². The number of nitrogens with one attached hydrogen (secondary N) is 1. The maximum atomic E-state index is 9.70. The van der Waals surface area contributed by atoms with Crippen LogP contribution >= 0.6 is 0 Å². The van der Waals surface area contributed by atoms with Gasteiger partial charge in [0, 0.05) is 6.54 Å². The number of aryl methyl sites for hydroxylation is 2. The van der Waals surface area contributed by atoms with Crippen LogP contribution in [0.4, 0.5) is 5.69 Å². The van der Waals surface area contributed by atoms with Crippen LogP contribution in [-0.2, 0) is 0 Å². The minimum Gasteiger partial charge on any atom is -0.506 e. The molecule has 0 heterocycles. The van der Waals surface area contributed by atoms with Gasteiger partial charge >= 0.3 is 0 Å². The fourth-order valence-corrected chi connectivity index (χ4v) is 1.39. The largest absolute Gasteiger partial charge is 0.506 e. The van der Waals surface area contributed by atoms with Gasteiger partial charge in [0.2, 0.25) is 0 Å². The summed E-state index contributed by atoms with van der Waals surface area (Å²) in [4.78, 5) is 0. The number of phenolic OH excluding ortho intramolecular Hbond substituents is 1. The van der Waals surface area contributed by atoms with E-state index in [4.69, 9.17) is 10.2 Å². The van der Waals surface area contributed by atoms with Gasteiger partial charge < -0.3 is 20.6 Å². The first-order chi connectivity index (χ1) is 7.04. The summed E-state index contributed by atoms with van der Waals surface area (Å²) in [6.45, 7) is 3.67. The Morgan fingerprint density at radius 2 is 2.00 bits per heavy atom. The maximum absolute atomic E-state index is 9.70. The normalized spacial score (nSPS) is 12.5. The highest BCUT2D eigenvalue weighted by atomic mass is 16.3. The molecule has 0 saturated heterocycles. The van der Waals surface area contributed by atoms with Crippen LogP contribution in [0.5, 0.6) is 5.75 Å². The quantitative estimate of drug-likeness (QED) is 0.555. The molecule has 1 aromatic carbocycles. The number of rotatable bonds is 4. The molecule has 0 aromatic heterocycles. The molecule has 84 valence electrons. The van der Waals surface area contributed by atoms with E-state index in [1.165, 1.54) is 0 Å². The second kappa shape index (κ2) is 5.00.